The van der Waals surface area contributed by atoms with Crippen molar-refractivity contribution in [3.8, 4) is 5.75 Å². The van der Waals surface area contributed by atoms with E-state index < -0.39 is 6.04 Å². The van der Waals surface area contributed by atoms with Gasteiger partial charge in [-0.2, -0.15) is 0 Å². The lowest BCUT2D eigenvalue weighted by Crippen LogP contribution is -2.46. The zero-order valence-electron chi connectivity index (χ0n) is 19.7. The topological polar surface area (TPSA) is 67.9 Å². The summed E-state index contributed by atoms with van der Waals surface area (Å²) in [6.07, 6.45) is 1.85. The zero-order valence-corrected chi connectivity index (χ0v) is 21.3. The lowest BCUT2D eigenvalue weighted by atomic mass is 10.0. The predicted molar refractivity (Wildman–Crippen MR) is 140 cm³/mol. The Bertz CT molecular complexity index is 1150. The largest absolute Gasteiger partial charge is 0.482 e. The van der Waals surface area contributed by atoms with E-state index in [0.717, 1.165) is 18.4 Å². The van der Waals surface area contributed by atoms with Gasteiger partial charge in [-0.05, 0) is 48.2 Å². The van der Waals surface area contributed by atoms with Gasteiger partial charge in [0.15, 0.2) is 6.61 Å². The molecule has 8 heteroatoms. The third-order valence-electron chi connectivity index (χ3n) is 5.98. The van der Waals surface area contributed by atoms with Crippen molar-refractivity contribution in [1.82, 2.24) is 10.2 Å². The third-order valence-corrected chi connectivity index (χ3v) is 6.54. The molecule has 0 aromatic heterocycles. The van der Waals surface area contributed by atoms with Crippen LogP contribution in [0.15, 0.2) is 78.9 Å². The summed E-state index contributed by atoms with van der Waals surface area (Å²) in [4.78, 5) is 28.7. The summed E-state index contributed by atoms with van der Waals surface area (Å²) in [6, 6.07) is 22.5. The van der Waals surface area contributed by atoms with Crippen LogP contribution in [0.5, 0.6) is 5.75 Å². The normalized spacial score (nSPS) is 15.8. The minimum Gasteiger partial charge on any atom is -0.482 e. The molecular formula is C28H28Cl2N2O4. The number of amides is 2. The fourth-order valence-corrected chi connectivity index (χ4v) is 4.44. The molecule has 0 aliphatic carbocycles. The predicted octanol–water partition coefficient (Wildman–Crippen LogP) is 5.44. The van der Waals surface area contributed by atoms with Gasteiger partial charge in [0.25, 0.3) is 5.91 Å². The molecule has 0 spiro atoms. The highest BCUT2D eigenvalue weighted by molar-refractivity contribution is 6.32. The van der Waals surface area contributed by atoms with Gasteiger partial charge in [-0.15, -0.1) is 0 Å². The summed E-state index contributed by atoms with van der Waals surface area (Å²) in [5.41, 5.74) is 1.53. The molecule has 3 aromatic rings. The van der Waals surface area contributed by atoms with Gasteiger partial charge in [-0.3, -0.25) is 9.59 Å². The number of benzene rings is 3. The number of halogens is 2. The molecule has 2 atom stereocenters. The monoisotopic (exact) mass is 526 g/mol. The summed E-state index contributed by atoms with van der Waals surface area (Å²) in [5, 5.41) is 3.99. The highest BCUT2D eigenvalue weighted by Crippen LogP contribution is 2.27. The minimum atomic E-state index is -0.870. The van der Waals surface area contributed by atoms with Gasteiger partial charge < -0.3 is 19.7 Å². The molecule has 1 N–H and O–H groups in total. The summed E-state index contributed by atoms with van der Waals surface area (Å²) >= 11 is 12.3. The van der Waals surface area contributed by atoms with Crippen molar-refractivity contribution in [2.75, 3.05) is 19.8 Å². The molecule has 6 nitrogen and oxygen atoms in total. The zero-order chi connectivity index (χ0) is 25.3. The number of nitrogens with one attached hydrogen (secondary N) is 1. The molecule has 188 valence electrons. The van der Waals surface area contributed by atoms with E-state index in [1.807, 2.05) is 42.5 Å². The van der Waals surface area contributed by atoms with Gasteiger partial charge in [0, 0.05) is 24.7 Å². The molecule has 0 bridgehead atoms. The van der Waals surface area contributed by atoms with Crippen molar-refractivity contribution in [3.63, 3.8) is 0 Å². The van der Waals surface area contributed by atoms with Gasteiger partial charge in [-0.1, -0.05) is 77.8 Å². The lowest BCUT2D eigenvalue weighted by molar-refractivity contribution is -0.143. The SMILES string of the molecule is O=C(NCC1CCCO1)C(c1ccccc1)N(Cc1ccc(Cl)cc1)C(=O)COc1ccccc1Cl. The number of ether oxygens (including phenoxy) is 2. The molecular weight excluding hydrogens is 499 g/mol. The van der Waals surface area contributed by atoms with Crippen LogP contribution in [0.3, 0.4) is 0 Å². The van der Waals surface area contributed by atoms with Crippen LogP contribution in [-0.4, -0.2) is 42.6 Å². The van der Waals surface area contributed by atoms with Gasteiger partial charge in [0.1, 0.15) is 11.8 Å². The van der Waals surface area contributed by atoms with Crippen molar-refractivity contribution in [2.24, 2.45) is 0 Å². The molecule has 3 aromatic carbocycles. The van der Waals surface area contributed by atoms with Crippen LogP contribution in [0.25, 0.3) is 0 Å². The molecule has 36 heavy (non-hydrogen) atoms. The summed E-state index contributed by atoms with van der Waals surface area (Å²) < 4.78 is 11.4. The molecule has 1 saturated heterocycles. The number of carbonyl (C=O) groups excluding carboxylic acids is 2. The Labute approximate surface area is 221 Å². The van der Waals surface area contributed by atoms with Crippen molar-refractivity contribution < 1.29 is 19.1 Å². The van der Waals surface area contributed by atoms with Crippen LogP contribution in [0.2, 0.25) is 10.0 Å². The highest BCUT2D eigenvalue weighted by atomic mass is 35.5. The van der Waals surface area contributed by atoms with Gasteiger partial charge >= 0.3 is 0 Å². The first kappa shape index (κ1) is 26.0. The van der Waals surface area contributed by atoms with E-state index in [4.69, 9.17) is 32.7 Å². The number of hydrogen-bond acceptors (Lipinski definition) is 4. The Hall–Kier alpha value is -3.06. The molecule has 1 aliphatic heterocycles. The van der Waals surface area contributed by atoms with E-state index in [1.54, 1.807) is 36.4 Å². The fourth-order valence-electron chi connectivity index (χ4n) is 4.12. The molecule has 2 amide bonds. The number of carbonyl (C=O) groups is 2. The minimum absolute atomic E-state index is 0.0191. The van der Waals surface area contributed by atoms with E-state index in [1.165, 1.54) is 4.90 Å². The van der Waals surface area contributed by atoms with Gasteiger partial charge in [0.05, 0.1) is 11.1 Å². The molecule has 1 heterocycles. The Kier molecular flexibility index (Phi) is 9.23. The molecule has 0 saturated carbocycles. The van der Waals surface area contributed by atoms with E-state index in [0.29, 0.717) is 34.5 Å². The second kappa shape index (κ2) is 12.8. The lowest BCUT2D eigenvalue weighted by Gasteiger charge is -2.32. The van der Waals surface area contributed by atoms with E-state index in [2.05, 4.69) is 5.32 Å². The Morgan fingerprint density at radius 2 is 1.72 bits per heavy atom. The second-order valence-corrected chi connectivity index (χ2v) is 9.40. The van der Waals surface area contributed by atoms with Crippen LogP contribution >= 0.6 is 23.2 Å². The standard InChI is InChI=1S/C28H28Cl2N2O4/c29-22-14-12-20(13-15-22)18-32(26(33)19-36-25-11-5-4-10-24(25)30)27(21-7-2-1-3-8-21)28(34)31-17-23-9-6-16-35-23/h1-5,7-8,10-15,23,27H,6,9,16-19H2,(H,31,34). The van der Waals surface area contributed by atoms with Crippen molar-refractivity contribution in [3.05, 3.63) is 100 Å². The van der Waals surface area contributed by atoms with Crippen LogP contribution < -0.4 is 10.1 Å². The summed E-state index contributed by atoms with van der Waals surface area (Å²) in [6.45, 7) is 0.999. The summed E-state index contributed by atoms with van der Waals surface area (Å²) in [7, 11) is 0. The smallest absolute Gasteiger partial charge is 0.261 e. The van der Waals surface area contributed by atoms with E-state index in [-0.39, 0.29) is 31.1 Å². The van der Waals surface area contributed by atoms with Crippen molar-refractivity contribution in [2.45, 2.75) is 31.5 Å². The molecule has 1 fully saturated rings. The number of hydrogen-bond donors (Lipinski definition) is 1. The average Bonchev–Trinajstić information content (AvgIpc) is 3.42. The molecule has 1 aliphatic rings. The van der Waals surface area contributed by atoms with Crippen molar-refractivity contribution >= 4 is 35.0 Å². The second-order valence-electron chi connectivity index (χ2n) is 8.56. The average molecular weight is 527 g/mol. The Morgan fingerprint density at radius 1 is 1.00 bits per heavy atom. The number of para-hydroxylation sites is 1. The van der Waals surface area contributed by atoms with E-state index in [9.17, 15) is 9.59 Å². The maximum absolute atomic E-state index is 13.6. The fraction of sp³-hybridized carbons (Fsp3) is 0.286. The first-order chi connectivity index (χ1) is 17.5. The Balaban J connectivity index is 1.61. The van der Waals surface area contributed by atoms with E-state index >= 15 is 0 Å². The first-order valence-corrected chi connectivity index (χ1v) is 12.6. The van der Waals surface area contributed by atoms with Crippen LogP contribution in [0.4, 0.5) is 0 Å². The molecule has 0 radical (unpaired) electrons. The quantitative estimate of drug-likeness (QED) is 0.382. The first-order valence-electron chi connectivity index (χ1n) is 11.9. The Morgan fingerprint density at radius 3 is 2.42 bits per heavy atom. The van der Waals surface area contributed by atoms with Crippen LogP contribution in [0.1, 0.15) is 30.0 Å². The highest BCUT2D eigenvalue weighted by Gasteiger charge is 2.32. The van der Waals surface area contributed by atoms with Crippen LogP contribution in [0, 0.1) is 0 Å². The van der Waals surface area contributed by atoms with Gasteiger partial charge in [0.2, 0.25) is 5.91 Å². The maximum atomic E-state index is 13.6. The maximum Gasteiger partial charge on any atom is 0.261 e. The van der Waals surface area contributed by atoms with Crippen LogP contribution in [-0.2, 0) is 20.9 Å². The molecule has 4 rings (SSSR count). The summed E-state index contributed by atoms with van der Waals surface area (Å²) in [5.74, 6) is -0.235. The number of nitrogens with zero attached hydrogens (tertiary/aromatic N) is 1. The number of rotatable bonds is 10. The van der Waals surface area contributed by atoms with Gasteiger partial charge in [-0.25, -0.2) is 0 Å². The molecule has 2 unspecified atom stereocenters. The third kappa shape index (κ3) is 7.00. The van der Waals surface area contributed by atoms with Crippen molar-refractivity contribution in [1.29, 1.82) is 0 Å².